The van der Waals surface area contributed by atoms with Crippen molar-refractivity contribution >= 4 is 0 Å². The fraction of sp³-hybridized carbons (Fsp3) is 0.833. The zero-order valence-corrected chi connectivity index (χ0v) is 21.1. The zero-order valence-electron chi connectivity index (χ0n) is 21.1. The van der Waals surface area contributed by atoms with Crippen molar-refractivity contribution in [3.05, 3.63) is 23.0 Å². The number of ether oxygens (including phenoxy) is 7. The Bertz CT molecular complexity index is 458. The van der Waals surface area contributed by atoms with Crippen LogP contribution in [0.4, 0.5) is 0 Å². The van der Waals surface area contributed by atoms with E-state index in [0.29, 0.717) is 49.1 Å². The molecule has 0 fully saturated rings. The molecule has 31 heavy (non-hydrogen) atoms. The molecule has 0 radical (unpaired) electrons. The number of rotatable bonds is 20. The maximum absolute atomic E-state index is 6.34. The molecule has 0 saturated heterocycles. The highest BCUT2D eigenvalue weighted by molar-refractivity contribution is 5.08. The maximum Gasteiger partial charge on any atom is 0.223 e. The first kappa shape index (κ1) is 29.6. The molecule has 7 nitrogen and oxygen atoms in total. The predicted octanol–water partition coefficient (Wildman–Crippen LogP) is 5.90. The third-order valence-electron chi connectivity index (χ3n) is 4.65. The van der Waals surface area contributed by atoms with E-state index in [1.807, 2.05) is 0 Å². The molecule has 0 spiro atoms. The summed E-state index contributed by atoms with van der Waals surface area (Å²) >= 11 is 0. The summed E-state index contributed by atoms with van der Waals surface area (Å²) in [5, 5.41) is 0. The van der Waals surface area contributed by atoms with Gasteiger partial charge in [0, 0.05) is 12.8 Å². The number of hydrogen-bond acceptors (Lipinski definition) is 7. The summed E-state index contributed by atoms with van der Waals surface area (Å²) in [5.74, 6) is 2.41. The number of methoxy groups -OCH3 is 4. The molecular formula is C24H46O7. The van der Waals surface area contributed by atoms with Crippen molar-refractivity contribution in [2.24, 2.45) is 0 Å². The molecule has 0 amide bonds. The fourth-order valence-electron chi connectivity index (χ4n) is 2.92. The van der Waals surface area contributed by atoms with E-state index >= 15 is 0 Å². The van der Waals surface area contributed by atoms with E-state index in [1.165, 1.54) is 0 Å². The lowest BCUT2D eigenvalue weighted by atomic mass is 10.2. The Morgan fingerprint density at radius 3 is 1.19 bits per heavy atom. The van der Waals surface area contributed by atoms with E-state index in [9.17, 15) is 0 Å². The van der Waals surface area contributed by atoms with E-state index in [0.717, 1.165) is 38.5 Å². The predicted molar refractivity (Wildman–Crippen MR) is 122 cm³/mol. The number of hydrogen-bond donors (Lipinski definition) is 0. The molecule has 0 heterocycles. The number of allylic oxidation sites excluding steroid dienone is 2. The van der Waals surface area contributed by atoms with E-state index in [2.05, 4.69) is 27.7 Å². The van der Waals surface area contributed by atoms with Crippen LogP contribution in [-0.4, -0.2) is 54.2 Å². The first-order valence-corrected chi connectivity index (χ1v) is 11.6. The summed E-state index contributed by atoms with van der Waals surface area (Å²) in [6.45, 7) is 9.44. The van der Waals surface area contributed by atoms with Gasteiger partial charge in [-0.2, -0.15) is 0 Å². The minimum Gasteiger partial charge on any atom is -0.497 e. The van der Waals surface area contributed by atoms with Gasteiger partial charge in [0.2, 0.25) is 12.6 Å². The average Bonchev–Trinajstić information content (AvgIpc) is 2.78. The highest BCUT2D eigenvalue weighted by Crippen LogP contribution is 2.26. The van der Waals surface area contributed by atoms with Gasteiger partial charge in [0.15, 0.2) is 11.5 Å². The minimum atomic E-state index is -0.797. The van der Waals surface area contributed by atoms with Crippen LogP contribution in [0.5, 0.6) is 0 Å². The smallest absolute Gasteiger partial charge is 0.223 e. The highest BCUT2D eigenvalue weighted by atomic mass is 16.8. The molecule has 0 rings (SSSR count). The molecule has 0 aliphatic heterocycles. The van der Waals surface area contributed by atoms with Gasteiger partial charge in [-0.15, -0.1) is 0 Å². The SMILES string of the molecule is CCCCOC(OC(OCCCC)C(OC)=C(CCC)OC)C(OC)=C(CCC)OC. The van der Waals surface area contributed by atoms with Crippen LogP contribution in [0.25, 0.3) is 0 Å². The molecular weight excluding hydrogens is 400 g/mol. The van der Waals surface area contributed by atoms with Gasteiger partial charge in [-0.1, -0.05) is 40.5 Å². The van der Waals surface area contributed by atoms with Crippen LogP contribution in [0.15, 0.2) is 23.0 Å². The van der Waals surface area contributed by atoms with Gasteiger partial charge in [0.05, 0.1) is 41.7 Å². The molecule has 0 N–H and O–H groups in total. The van der Waals surface area contributed by atoms with Crippen LogP contribution in [-0.2, 0) is 33.2 Å². The van der Waals surface area contributed by atoms with Crippen molar-refractivity contribution in [2.75, 3.05) is 41.7 Å². The molecule has 2 atom stereocenters. The van der Waals surface area contributed by atoms with Crippen LogP contribution in [0.1, 0.15) is 79.1 Å². The van der Waals surface area contributed by atoms with E-state index in [1.54, 1.807) is 28.4 Å². The van der Waals surface area contributed by atoms with Gasteiger partial charge in [-0.3, -0.25) is 0 Å². The lowest BCUT2D eigenvalue weighted by molar-refractivity contribution is -0.240. The largest absolute Gasteiger partial charge is 0.497 e. The average molecular weight is 447 g/mol. The molecule has 2 unspecified atom stereocenters. The Labute approximate surface area is 190 Å². The first-order chi connectivity index (χ1) is 15.1. The zero-order chi connectivity index (χ0) is 23.5. The van der Waals surface area contributed by atoms with Crippen LogP contribution in [0, 0.1) is 0 Å². The second kappa shape index (κ2) is 19.3. The quantitative estimate of drug-likeness (QED) is 0.131. The maximum atomic E-state index is 6.34. The van der Waals surface area contributed by atoms with Gasteiger partial charge < -0.3 is 33.2 Å². The van der Waals surface area contributed by atoms with Gasteiger partial charge >= 0.3 is 0 Å². The Hall–Kier alpha value is -1.44. The molecule has 0 aromatic heterocycles. The Morgan fingerprint density at radius 1 is 0.548 bits per heavy atom. The van der Waals surface area contributed by atoms with E-state index in [4.69, 9.17) is 33.2 Å². The lowest BCUT2D eigenvalue weighted by Gasteiger charge is -2.29. The van der Waals surface area contributed by atoms with Gasteiger partial charge in [0.1, 0.15) is 11.5 Å². The highest BCUT2D eigenvalue weighted by Gasteiger charge is 2.30. The van der Waals surface area contributed by atoms with Crippen LogP contribution in [0.2, 0.25) is 0 Å². The van der Waals surface area contributed by atoms with Gasteiger partial charge in [-0.05, 0) is 25.7 Å². The summed E-state index contributed by atoms with van der Waals surface area (Å²) in [6, 6.07) is 0. The molecule has 0 aromatic carbocycles. The van der Waals surface area contributed by atoms with Crippen LogP contribution in [0.3, 0.4) is 0 Å². The first-order valence-electron chi connectivity index (χ1n) is 11.6. The Balaban J connectivity index is 6.08. The summed E-state index contributed by atoms with van der Waals surface area (Å²) in [6.07, 6.45) is 5.46. The molecule has 0 aliphatic rings. The molecule has 0 aromatic rings. The van der Waals surface area contributed by atoms with Crippen molar-refractivity contribution in [1.82, 2.24) is 0 Å². The Kier molecular flexibility index (Phi) is 18.4. The summed E-state index contributed by atoms with van der Waals surface area (Å²) in [5.41, 5.74) is 0. The molecule has 0 bridgehead atoms. The lowest BCUT2D eigenvalue weighted by Crippen LogP contribution is -2.33. The second-order valence-corrected chi connectivity index (χ2v) is 7.14. The summed E-state index contributed by atoms with van der Waals surface area (Å²) < 4.78 is 41.1. The topological polar surface area (TPSA) is 64.6 Å². The van der Waals surface area contributed by atoms with Gasteiger partial charge in [-0.25, -0.2) is 0 Å². The van der Waals surface area contributed by atoms with Crippen molar-refractivity contribution < 1.29 is 33.2 Å². The van der Waals surface area contributed by atoms with Crippen LogP contribution < -0.4 is 0 Å². The summed E-state index contributed by atoms with van der Waals surface area (Å²) in [4.78, 5) is 0. The Morgan fingerprint density at radius 2 is 0.935 bits per heavy atom. The summed E-state index contributed by atoms with van der Waals surface area (Å²) in [7, 11) is 6.46. The molecule has 0 saturated carbocycles. The van der Waals surface area contributed by atoms with Crippen molar-refractivity contribution in [2.45, 2.75) is 91.6 Å². The van der Waals surface area contributed by atoms with Crippen molar-refractivity contribution in [1.29, 1.82) is 0 Å². The van der Waals surface area contributed by atoms with Crippen molar-refractivity contribution in [3.8, 4) is 0 Å². The van der Waals surface area contributed by atoms with E-state index < -0.39 is 12.6 Å². The van der Waals surface area contributed by atoms with Crippen molar-refractivity contribution in [3.63, 3.8) is 0 Å². The standard InChI is InChI=1S/C24H46O7/c1-9-13-17-29-23(21(27-7)19(25-5)15-11-3)31-24(30-18-14-10-2)22(28-8)20(26-6)16-12-4/h23-24H,9-18H2,1-8H3. The molecule has 0 aliphatic carbocycles. The third kappa shape index (κ3) is 11.1. The van der Waals surface area contributed by atoms with Crippen LogP contribution >= 0.6 is 0 Å². The normalized spacial score (nSPS) is 15.0. The molecule has 7 heteroatoms. The molecule has 184 valence electrons. The number of unbranched alkanes of at least 4 members (excludes halogenated alkanes) is 2. The minimum absolute atomic E-state index is 0.509. The third-order valence-corrected chi connectivity index (χ3v) is 4.65. The van der Waals surface area contributed by atoms with E-state index in [-0.39, 0.29) is 0 Å². The monoisotopic (exact) mass is 446 g/mol. The second-order valence-electron chi connectivity index (χ2n) is 7.14. The fourth-order valence-corrected chi connectivity index (χ4v) is 2.92. The van der Waals surface area contributed by atoms with Gasteiger partial charge in [0.25, 0.3) is 0 Å².